The average molecular weight is 910 g/mol. The highest BCUT2D eigenvalue weighted by Crippen LogP contribution is 2.18. The molecule has 1 aromatic rings. The first kappa shape index (κ1) is 54.8. The third-order valence-corrected chi connectivity index (χ3v) is 11.1. The quantitative estimate of drug-likeness (QED) is 0.116. The van der Waals surface area contributed by atoms with Crippen LogP contribution in [0.25, 0.3) is 0 Å². The van der Waals surface area contributed by atoms with Gasteiger partial charge in [0.1, 0.15) is 35.9 Å². The molecule has 8 N–H and O–H groups in total. The van der Waals surface area contributed by atoms with Crippen LogP contribution in [0.5, 0.6) is 0 Å². The molecule has 0 aromatic heterocycles. The van der Waals surface area contributed by atoms with Gasteiger partial charge in [-0.25, -0.2) is 9.59 Å². The minimum absolute atomic E-state index is 0.0331. The zero-order valence-electron chi connectivity index (χ0n) is 38.9. The van der Waals surface area contributed by atoms with Crippen LogP contribution in [0.15, 0.2) is 66.4 Å². The molecule has 0 spiro atoms. The Morgan fingerprint density at radius 2 is 1.38 bits per heavy atom. The first-order valence-corrected chi connectivity index (χ1v) is 21.5. The fourth-order valence-corrected chi connectivity index (χ4v) is 6.82. The van der Waals surface area contributed by atoms with Gasteiger partial charge in [0.25, 0.3) is 5.91 Å². The van der Waals surface area contributed by atoms with Crippen LogP contribution in [0.4, 0.5) is 0 Å². The van der Waals surface area contributed by atoms with E-state index in [9.17, 15) is 53.4 Å². The Balaban J connectivity index is 2.57. The lowest BCUT2D eigenvalue weighted by Gasteiger charge is -2.27. The first-order valence-electron chi connectivity index (χ1n) is 21.5. The normalized spacial score (nSPS) is 26.7. The van der Waals surface area contributed by atoms with Gasteiger partial charge in [-0.1, -0.05) is 95.3 Å². The summed E-state index contributed by atoms with van der Waals surface area (Å²) in [5, 5.41) is 35.0. The zero-order chi connectivity index (χ0) is 49.3. The molecule has 7 amide bonds. The smallest absolute Gasteiger partial charge is 0.327 e. The lowest BCUT2D eigenvalue weighted by atomic mass is 9.94. The van der Waals surface area contributed by atoms with E-state index >= 15 is 0 Å². The maximum atomic E-state index is 13.7. The van der Waals surface area contributed by atoms with Crippen molar-refractivity contribution in [2.75, 3.05) is 14.2 Å². The topological polar surface area (TPSA) is 279 Å². The highest BCUT2D eigenvalue weighted by atomic mass is 16.5. The molecule has 1 heterocycles. The van der Waals surface area contributed by atoms with E-state index in [1.54, 1.807) is 27.0 Å². The number of rotatable bonds is 11. The van der Waals surface area contributed by atoms with Gasteiger partial charge in [-0.2, -0.15) is 0 Å². The van der Waals surface area contributed by atoms with Gasteiger partial charge < -0.3 is 51.8 Å². The van der Waals surface area contributed by atoms with Crippen LogP contribution in [-0.4, -0.2) is 125 Å². The van der Waals surface area contributed by atoms with Crippen LogP contribution in [0.3, 0.4) is 0 Å². The number of benzene rings is 1. The van der Waals surface area contributed by atoms with E-state index in [0.717, 1.165) is 16.0 Å². The van der Waals surface area contributed by atoms with Crippen molar-refractivity contribution in [2.45, 2.75) is 123 Å². The fraction of sp³-hybridized carbons (Fsp3) is 0.543. The van der Waals surface area contributed by atoms with Gasteiger partial charge in [-0.15, -0.1) is 0 Å². The SMILES string of the molecule is C=C1C(=O)N[C@@H](C)C(=O)N[C@@H](CC(C)C)C(=O)N[C@@H](C(=O)O)[C@H](C)C(=O)N[C@@H](C)C(=O)N[C@@H](C=CC(C)=C[C@H](C)[C@H](Cc2ccccc2)OC)[C@H](C)C(=O)N[C@@H](C(=O)O)CCC(=O)N1C. The molecule has 65 heavy (non-hydrogen) atoms. The maximum Gasteiger partial charge on any atom is 0.327 e. The molecule has 1 saturated heterocycles. The van der Waals surface area contributed by atoms with Gasteiger partial charge in [0, 0.05) is 26.5 Å². The Kier molecular flexibility index (Phi) is 21.7. The third-order valence-electron chi connectivity index (χ3n) is 11.1. The number of carbonyl (C=O) groups excluding carboxylic acids is 7. The molecule has 0 bridgehead atoms. The highest BCUT2D eigenvalue weighted by Gasteiger charge is 2.37. The average Bonchev–Trinajstić information content (AvgIpc) is 3.25. The van der Waals surface area contributed by atoms with E-state index in [1.807, 2.05) is 50.3 Å². The monoisotopic (exact) mass is 909 g/mol. The minimum Gasteiger partial charge on any atom is -0.480 e. The number of likely N-dealkylation sites (N-methyl/N-ethyl adjacent to an activating group) is 1. The molecule has 10 atom stereocenters. The number of carboxylic acids is 2. The number of nitrogens with one attached hydrogen (secondary N) is 6. The summed E-state index contributed by atoms with van der Waals surface area (Å²) in [5.41, 5.74) is 1.42. The number of allylic oxidation sites excluding steroid dienone is 2. The summed E-state index contributed by atoms with van der Waals surface area (Å²) in [4.78, 5) is 120. The Morgan fingerprint density at radius 1 is 0.800 bits per heavy atom. The Hall–Kier alpha value is -6.37. The van der Waals surface area contributed by atoms with Crippen molar-refractivity contribution in [2.24, 2.45) is 23.7 Å². The molecule has 19 nitrogen and oxygen atoms in total. The van der Waals surface area contributed by atoms with Crippen molar-refractivity contribution >= 4 is 53.3 Å². The van der Waals surface area contributed by atoms with Crippen LogP contribution >= 0.6 is 0 Å². The van der Waals surface area contributed by atoms with Gasteiger partial charge >= 0.3 is 11.9 Å². The van der Waals surface area contributed by atoms with Crippen molar-refractivity contribution in [3.63, 3.8) is 0 Å². The molecule has 1 fully saturated rings. The third kappa shape index (κ3) is 17.3. The van der Waals surface area contributed by atoms with Crippen LogP contribution in [0, 0.1) is 23.7 Å². The minimum atomic E-state index is -1.82. The van der Waals surface area contributed by atoms with Gasteiger partial charge in [0.2, 0.25) is 35.4 Å². The first-order chi connectivity index (χ1) is 30.4. The molecule has 358 valence electrons. The number of carboxylic acid groups (broad SMARTS) is 2. The molecular formula is C46H67N7O12. The largest absolute Gasteiger partial charge is 0.480 e. The standard InChI is InChI=1S/C46H67N7O12/c1-24(2)21-35-44(60)52-38(46(63)64)28(6)40(56)47-29(7)41(57)49-33(18-17-25(3)22-26(4)36(65-11)23-32-15-13-12-14-16-32)27(5)39(55)50-34(45(61)62)19-20-37(54)53(10)31(9)43(59)48-30(8)42(58)51-35/h12-18,22,24,26-30,33-36,38H,9,19-21,23H2,1-8,10-11H3,(H,47,56)(H,48,59)(H,49,57)(H,50,55)(H,51,58)(H,52,60)(H,61,62)(H,63,64)/t26-,27-,28-,29-,30-,33-,34+,35-,36-,38+/m0/s1. The van der Waals surface area contributed by atoms with Gasteiger partial charge in [0.05, 0.1) is 24.0 Å². The van der Waals surface area contributed by atoms with Gasteiger partial charge in [-0.3, -0.25) is 33.6 Å². The van der Waals surface area contributed by atoms with Crippen molar-refractivity contribution in [1.29, 1.82) is 0 Å². The van der Waals surface area contributed by atoms with Gasteiger partial charge in [0.15, 0.2) is 0 Å². The number of hydrogen-bond donors (Lipinski definition) is 8. The van der Waals surface area contributed by atoms with E-state index in [4.69, 9.17) is 4.74 Å². The van der Waals surface area contributed by atoms with Crippen LogP contribution in [-0.2, 0) is 54.3 Å². The van der Waals surface area contributed by atoms with E-state index < -0.39 is 120 Å². The highest BCUT2D eigenvalue weighted by molar-refractivity contribution is 6.00. The van der Waals surface area contributed by atoms with Crippen LogP contribution < -0.4 is 31.9 Å². The van der Waals surface area contributed by atoms with E-state index in [-0.39, 0.29) is 24.4 Å². The summed E-state index contributed by atoms with van der Waals surface area (Å²) in [6.07, 6.45) is 4.78. The molecule has 1 aliphatic rings. The summed E-state index contributed by atoms with van der Waals surface area (Å²) >= 11 is 0. The van der Waals surface area contributed by atoms with E-state index in [2.05, 4.69) is 38.5 Å². The summed E-state index contributed by atoms with van der Waals surface area (Å²) in [6, 6.07) is 1.35. The summed E-state index contributed by atoms with van der Waals surface area (Å²) in [5.74, 6) is -11.9. The number of aliphatic carboxylic acids is 2. The van der Waals surface area contributed by atoms with Crippen LogP contribution in [0.2, 0.25) is 0 Å². The van der Waals surface area contributed by atoms with Crippen molar-refractivity contribution in [3.05, 3.63) is 72.0 Å². The van der Waals surface area contributed by atoms with E-state index in [0.29, 0.717) is 6.42 Å². The van der Waals surface area contributed by atoms with Crippen LogP contribution in [0.1, 0.15) is 80.2 Å². The summed E-state index contributed by atoms with van der Waals surface area (Å²) in [6.45, 7) is 16.2. The van der Waals surface area contributed by atoms with E-state index in [1.165, 1.54) is 40.8 Å². The zero-order valence-corrected chi connectivity index (χ0v) is 38.9. The number of nitrogens with zero attached hydrogens (tertiary/aromatic N) is 1. The lowest BCUT2D eigenvalue weighted by Crippen LogP contribution is -2.58. The molecule has 1 aliphatic heterocycles. The Bertz CT molecular complexity index is 1970. The second-order valence-corrected chi connectivity index (χ2v) is 17.0. The number of amides is 7. The molecule has 2 rings (SSSR count). The Morgan fingerprint density at radius 3 is 1.95 bits per heavy atom. The number of carbonyl (C=O) groups is 9. The predicted molar refractivity (Wildman–Crippen MR) is 240 cm³/mol. The number of hydrogen-bond acceptors (Lipinski definition) is 10. The molecule has 0 radical (unpaired) electrons. The maximum absolute atomic E-state index is 13.7. The van der Waals surface area contributed by atoms with Crippen molar-refractivity contribution < 1.29 is 58.1 Å². The molecule has 19 heteroatoms. The second kappa shape index (κ2) is 25.8. The predicted octanol–water partition coefficient (Wildman–Crippen LogP) is 1.58. The second-order valence-electron chi connectivity index (χ2n) is 17.0. The molecular weight excluding hydrogens is 843 g/mol. The molecule has 1 aromatic carbocycles. The molecule has 0 aliphatic carbocycles. The summed E-state index contributed by atoms with van der Waals surface area (Å²) in [7, 11) is 2.84. The molecule has 0 unspecified atom stereocenters. The van der Waals surface area contributed by atoms with Crippen molar-refractivity contribution in [1.82, 2.24) is 36.8 Å². The lowest BCUT2D eigenvalue weighted by molar-refractivity contribution is -0.146. The van der Waals surface area contributed by atoms with Gasteiger partial charge in [-0.05, 0) is 51.5 Å². The fourth-order valence-electron chi connectivity index (χ4n) is 6.82. The molecule has 0 saturated carbocycles. The Labute approximate surface area is 380 Å². The number of ether oxygens (including phenoxy) is 1. The van der Waals surface area contributed by atoms with Crippen molar-refractivity contribution in [3.8, 4) is 0 Å². The summed E-state index contributed by atoms with van der Waals surface area (Å²) < 4.78 is 5.78. The number of methoxy groups -OCH3 is 1.